The number of alkyl carbamates (subject to hydrolysis) is 1. The number of hydrogen-bond acceptors (Lipinski definition) is 5. The van der Waals surface area contributed by atoms with Crippen molar-refractivity contribution in [2.24, 2.45) is 0 Å². The zero-order valence-electron chi connectivity index (χ0n) is 11.3. The van der Waals surface area contributed by atoms with E-state index >= 15 is 0 Å². The first kappa shape index (κ1) is 16.2. The number of ether oxygens (including phenoxy) is 2. The second-order valence-electron chi connectivity index (χ2n) is 4.66. The predicted molar refractivity (Wildman–Crippen MR) is 63.9 cm³/mol. The summed E-state index contributed by atoms with van der Waals surface area (Å²) in [6.45, 7) is 6.39. The third kappa shape index (κ3) is 7.48. The van der Waals surface area contributed by atoms with Crippen LogP contribution in [0.5, 0.6) is 0 Å². The highest BCUT2D eigenvalue weighted by molar-refractivity contribution is 5.87. The molecule has 0 bridgehead atoms. The van der Waals surface area contributed by atoms with Crippen LogP contribution in [0.4, 0.5) is 4.79 Å². The number of rotatable bonds is 4. The Bertz CT molecular complexity index is 322. The third-order valence-electron chi connectivity index (χ3n) is 1.76. The molecule has 0 aromatic heterocycles. The Labute approximate surface area is 106 Å². The summed E-state index contributed by atoms with van der Waals surface area (Å²) in [6.07, 6.45) is -0.691. The number of hydrogen-bond donors (Lipinski definition) is 2. The van der Waals surface area contributed by atoms with Gasteiger partial charge >= 0.3 is 12.1 Å². The van der Waals surface area contributed by atoms with Crippen LogP contribution in [0.1, 0.15) is 27.7 Å². The Kier molecular flexibility index (Phi) is 6.15. The fraction of sp³-hybridized carbons (Fsp3) is 0.727. The molecule has 7 nitrogen and oxygen atoms in total. The zero-order chi connectivity index (χ0) is 14.3. The van der Waals surface area contributed by atoms with Crippen LogP contribution in [0.15, 0.2) is 0 Å². The zero-order valence-corrected chi connectivity index (χ0v) is 11.3. The second-order valence-corrected chi connectivity index (χ2v) is 4.66. The number of carbonyl (C=O) groups is 3. The van der Waals surface area contributed by atoms with Crippen molar-refractivity contribution >= 4 is 18.0 Å². The topological polar surface area (TPSA) is 93.7 Å². The minimum absolute atomic E-state index is 0.240. The Hall–Kier alpha value is -1.79. The summed E-state index contributed by atoms with van der Waals surface area (Å²) in [5.41, 5.74) is -0.633. The molecule has 2 amide bonds. The van der Waals surface area contributed by atoms with Crippen molar-refractivity contribution in [1.29, 1.82) is 0 Å². The highest BCUT2D eigenvalue weighted by Gasteiger charge is 2.21. The Morgan fingerprint density at radius 2 is 1.78 bits per heavy atom. The van der Waals surface area contributed by atoms with Gasteiger partial charge in [0.1, 0.15) is 18.2 Å². The van der Waals surface area contributed by atoms with E-state index in [4.69, 9.17) is 4.74 Å². The summed E-state index contributed by atoms with van der Waals surface area (Å²) in [6, 6.07) is -0.801. The molecular weight excluding hydrogens is 240 g/mol. The lowest BCUT2D eigenvalue weighted by molar-refractivity contribution is -0.141. The molecule has 0 radical (unpaired) electrons. The van der Waals surface area contributed by atoms with Crippen LogP contribution < -0.4 is 10.6 Å². The van der Waals surface area contributed by atoms with E-state index in [1.165, 1.54) is 14.0 Å². The highest BCUT2D eigenvalue weighted by Crippen LogP contribution is 2.06. The maximum absolute atomic E-state index is 11.5. The molecular formula is C11H20N2O5. The Balaban J connectivity index is 4.08. The van der Waals surface area contributed by atoms with Crippen molar-refractivity contribution in [3.05, 3.63) is 0 Å². The lowest BCUT2D eigenvalue weighted by Crippen LogP contribution is -2.47. The minimum Gasteiger partial charge on any atom is -0.468 e. The number of esters is 1. The van der Waals surface area contributed by atoms with Gasteiger partial charge in [0.2, 0.25) is 5.91 Å². The number of methoxy groups -OCH3 is 1. The van der Waals surface area contributed by atoms with Crippen molar-refractivity contribution in [2.75, 3.05) is 13.7 Å². The van der Waals surface area contributed by atoms with Gasteiger partial charge in [-0.3, -0.25) is 9.59 Å². The summed E-state index contributed by atoms with van der Waals surface area (Å²) in [7, 11) is 1.22. The van der Waals surface area contributed by atoms with E-state index in [9.17, 15) is 14.4 Å². The average Bonchev–Trinajstić information content (AvgIpc) is 2.22. The molecule has 0 aromatic carbocycles. The molecule has 0 heterocycles. The molecule has 0 fully saturated rings. The quantitative estimate of drug-likeness (QED) is 0.704. The summed E-state index contributed by atoms with van der Waals surface area (Å²) >= 11 is 0. The van der Waals surface area contributed by atoms with Gasteiger partial charge in [0, 0.05) is 0 Å². The summed E-state index contributed by atoms with van der Waals surface area (Å²) < 4.78 is 9.35. The van der Waals surface area contributed by atoms with Gasteiger partial charge < -0.3 is 20.1 Å². The molecule has 104 valence electrons. The number of amides is 2. The number of nitrogens with one attached hydrogen (secondary N) is 2. The first-order valence-corrected chi connectivity index (χ1v) is 5.49. The first-order chi connectivity index (χ1) is 8.15. The van der Waals surface area contributed by atoms with Gasteiger partial charge in [0.05, 0.1) is 7.11 Å². The van der Waals surface area contributed by atoms with Crippen molar-refractivity contribution in [3.8, 4) is 0 Å². The lowest BCUT2D eigenvalue weighted by atomic mass is 10.2. The molecule has 7 heteroatoms. The normalized spacial score (nSPS) is 12.3. The molecule has 0 saturated carbocycles. The fourth-order valence-electron chi connectivity index (χ4n) is 0.934. The van der Waals surface area contributed by atoms with E-state index < -0.39 is 29.6 Å². The summed E-state index contributed by atoms with van der Waals surface area (Å²) in [4.78, 5) is 33.6. The number of carbonyl (C=O) groups excluding carboxylic acids is 3. The third-order valence-corrected chi connectivity index (χ3v) is 1.76. The standard InChI is InChI=1S/C11H20N2O5/c1-7(9(15)12-6-8(14)17-5)13-10(16)18-11(2,3)4/h7H,6H2,1-5H3,(H,12,15)(H,13,16)/t7-/m1/s1. The van der Waals surface area contributed by atoms with Gasteiger partial charge in [0.25, 0.3) is 0 Å². The largest absolute Gasteiger partial charge is 0.468 e. The van der Waals surface area contributed by atoms with E-state index in [0.717, 1.165) is 0 Å². The molecule has 0 aliphatic carbocycles. The van der Waals surface area contributed by atoms with Gasteiger partial charge in [-0.25, -0.2) is 4.79 Å². The van der Waals surface area contributed by atoms with Crippen molar-refractivity contribution in [1.82, 2.24) is 10.6 Å². The van der Waals surface area contributed by atoms with Crippen molar-refractivity contribution < 1.29 is 23.9 Å². The molecule has 1 atom stereocenters. The molecule has 0 unspecified atom stereocenters. The Morgan fingerprint density at radius 1 is 1.22 bits per heavy atom. The fourth-order valence-corrected chi connectivity index (χ4v) is 0.934. The monoisotopic (exact) mass is 260 g/mol. The van der Waals surface area contributed by atoms with Gasteiger partial charge in [-0.2, -0.15) is 0 Å². The van der Waals surface area contributed by atoms with E-state index in [2.05, 4.69) is 15.4 Å². The predicted octanol–water partition coefficient (Wildman–Crippen LogP) is 0.189. The molecule has 2 N–H and O–H groups in total. The van der Waals surface area contributed by atoms with Gasteiger partial charge in [-0.1, -0.05) is 0 Å². The van der Waals surface area contributed by atoms with Gasteiger partial charge in [-0.15, -0.1) is 0 Å². The van der Waals surface area contributed by atoms with E-state index in [1.807, 2.05) is 0 Å². The van der Waals surface area contributed by atoms with Crippen molar-refractivity contribution in [2.45, 2.75) is 39.3 Å². The Morgan fingerprint density at radius 3 is 2.22 bits per heavy atom. The molecule has 0 spiro atoms. The van der Waals surface area contributed by atoms with Crippen LogP contribution in [0, 0.1) is 0 Å². The van der Waals surface area contributed by atoms with Crippen LogP contribution in [-0.4, -0.2) is 43.3 Å². The summed E-state index contributed by atoms with van der Waals surface area (Å²) in [5.74, 6) is -1.06. The average molecular weight is 260 g/mol. The van der Waals surface area contributed by atoms with Crippen LogP contribution in [-0.2, 0) is 19.1 Å². The van der Waals surface area contributed by atoms with Crippen LogP contribution in [0.3, 0.4) is 0 Å². The molecule has 18 heavy (non-hydrogen) atoms. The van der Waals surface area contributed by atoms with Crippen LogP contribution in [0.25, 0.3) is 0 Å². The molecule has 0 rings (SSSR count). The SMILES string of the molecule is COC(=O)CNC(=O)[C@@H](C)NC(=O)OC(C)(C)C. The van der Waals surface area contributed by atoms with Gasteiger partial charge in [0.15, 0.2) is 0 Å². The first-order valence-electron chi connectivity index (χ1n) is 5.49. The van der Waals surface area contributed by atoms with E-state index in [1.54, 1.807) is 20.8 Å². The van der Waals surface area contributed by atoms with Gasteiger partial charge in [-0.05, 0) is 27.7 Å². The minimum atomic E-state index is -0.801. The molecule has 0 aromatic rings. The lowest BCUT2D eigenvalue weighted by Gasteiger charge is -2.21. The van der Waals surface area contributed by atoms with Crippen LogP contribution in [0.2, 0.25) is 0 Å². The maximum atomic E-state index is 11.5. The maximum Gasteiger partial charge on any atom is 0.408 e. The molecule has 0 aliphatic rings. The molecule has 0 saturated heterocycles. The second kappa shape index (κ2) is 6.83. The summed E-state index contributed by atoms with van der Waals surface area (Å²) in [5, 5.41) is 4.67. The van der Waals surface area contributed by atoms with E-state index in [0.29, 0.717) is 0 Å². The van der Waals surface area contributed by atoms with E-state index in [-0.39, 0.29) is 6.54 Å². The molecule has 0 aliphatic heterocycles. The van der Waals surface area contributed by atoms with Crippen LogP contribution >= 0.6 is 0 Å². The smallest absolute Gasteiger partial charge is 0.408 e. The highest BCUT2D eigenvalue weighted by atomic mass is 16.6. The van der Waals surface area contributed by atoms with Crippen molar-refractivity contribution in [3.63, 3.8) is 0 Å².